The molecule has 3 aromatic heterocycles. The fourth-order valence-corrected chi connectivity index (χ4v) is 10.8. The normalized spacial score (nSPS) is 13.2. The zero-order chi connectivity index (χ0) is 41.2. The topological polar surface area (TPSA) is 56.7 Å². The van der Waals surface area contributed by atoms with Gasteiger partial charge in [-0.05, 0) is 93.0 Å². The lowest BCUT2D eigenvalue weighted by Gasteiger charge is -2.30. The first-order valence-electron chi connectivity index (χ1n) is 21.4. The second-order valence-electron chi connectivity index (χ2n) is 16.7. The van der Waals surface area contributed by atoms with E-state index in [9.17, 15) is 0 Å². The van der Waals surface area contributed by atoms with Gasteiger partial charge in [0.15, 0.2) is 17.5 Å². The van der Waals surface area contributed by atoms with Crippen molar-refractivity contribution in [3.63, 3.8) is 0 Å². The molecule has 12 aromatic rings. The number of benzene rings is 9. The molecule has 0 bridgehead atoms. The average Bonchev–Trinajstić information content (AvgIpc) is 4.07. The number of aromatic nitrogens is 4. The van der Waals surface area contributed by atoms with E-state index in [1.165, 1.54) is 55.3 Å². The molecule has 0 N–H and O–H groups in total. The smallest absolute Gasteiger partial charge is 0.164 e. The van der Waals surface area contributed by atoms with E-state index in [4.69, 9.17) is 19.4 Å². The summed E-state index contributed by atoms with van der Waals surface area (Å²) in [5, 5.41) is 4.58. The summed E-state index contributed by atoms with van der Waals surface area (Å²) in [5.41, 5.74) is 17.7. The van der Waals surface area contributed by atoms with Crippen molar-refractivity contribution in [1.29, 1.82) is 0 Å². The Hall–Kier alpha value is -8.41. The molecule has 63 heavy (non-hydrogen) atoms. The lowest BCUT2D eigenvalue weighted by molar-refractivity contribution is 0.669. The van der Waals surface area contributed by atoms with Crippen molar-refractivity contribution in [3.8, 4) is 62.1 Å². The second-order valence-corrected chi connectivity index (χ2v) is 16.7. The van der Waals surface area contributed by atoms with Crippen molar-refractivity contribution in [3.05, 3.63) is 229 Å². The van der Waals surface area contributed by atoms with Gasteiger partial charge in [-0.2, -0.15) is 0 Å². The number of fused-ring (bicyclic) bond motifs is 16. The molecule has 0 unspecified atom stereocenters. The first kappa shape index (κ1) is 34.3. The maximum absolute atomic E-state index is 6.31. The van der Waals surface area contributed by atoms with E-state index in [0.29, 0.717) is 17.5 Å². The summed E-state index contributed by atoms with van der Waals surface area (Å²) in [5.74, 6) is 1.79. The van der Waals surface area contributed by atoms with Crippen molar-refractivity contribution in [2.45, 2.75) is 5.41 Å². The average molecular weight is 803 g/mol. The molecule has 9 aromatic carbocycles. The zero-order valence-corrected chi connectivity index (χ0v) is 33.8. The van der Waals surface area contributed by atoms with E-state index in [1.807, 2.05) is 54.6 Å². The van der Waals surface area contributed by atoms with Crippen LogP contribution in [0.3, 0.4) is 0 Å². The molecule has 3 heterocycles. The fraction of sp³-hybridized carbons (Fsp3) is 0.0172. The molecule has 5 heteroatoms. The van der Waals surface area contributed by atoms with Crippen molar-refractivity contribution < 1.29 is 4.42 Å². The van der Waals surface area contributed by atoms with Crippen LogP contribution in [0.15, 0.2) is 211 Å². The molecule has 2 aliphatic carbocycles. The summed E-state index contributed by atoms with van der Waals surface area (Å²) in [6, 6.07) is 73.9. The van der Waals surface area contributed by atoms with Gasteiger partial charge >= 0.3 is 0 Å². The van der Waals surface area contributed by atoms with Crippen LogP contribution in [0.4, 0.5) is 0 Å². The first-order chi connectivity index (χ1) is 31.2. The van der Waals surface area contributed by atoms with Crippen LogP contribution in [0, 0.1) is 0 Å². The van der Waals surface area contributed by atoms with Crippen molar-refractivity contribution in [2.24, 2.45) is 0 Å². The number of para-hydroxylation sites is 2. The van der Waals surface area contributed by atoms with E-state index in [0.717, 1.165) is 55.3 Å². The lowest BCUT2D eigenvalue weighted by Crippen LogP contribution is -2.25. The Kier molecular flexibility index (Phi) is 6.97. The summed E-state index contributed by atoms with van der Waals surface area (Å²) < 4.78 is 8.73. The maximum Gasteiger partial charge on any atom is 0.164 e. The number of furan rings is 1. The van der Waals surface area contributed by atoms with E-state index >= 15 is 0 Å². The number of hydrogen-bond donors (Lipinski definition) is 0. The van der Waals surface area contributed by atoms with Crippen LogP contribution in [0.5, 0.6) is 0 Å². The molecule has 5 nitrogen and oxygen atoms in total. The van der Waals surface area contributed by atoms with E-state index in [-0.39, 0.29) is 0 Å². The highest BCUT2D eigenvalue weighted by atomic mass is 16.3. The van der Waals surface area contributed by atoms with Gasteiger partial charge in [-0.1, -0.05) is 158 Å². The van der Waals surface area contributed by atoms with Crippen molar-refractivity contribution in [1.82, 2.24) is 19.5 Å². The van der Waals surface area contributed by atoms with Crippen molar-refractivity contribution >= 4 is 43.7 Å². The van der Waals surface area contributed by atoms with Crippen LogP contribution in [0.2, 0.25) is 0 Å². The Balaban J connectivity index is 0.988. The lowest BCUT2D eigenvalue weighted by atomic mass is 9.70. The Labute approximate surface area is 362 Å². The monoisotopic (exact) mass is 802 g/mol. The van der Waals surface area contributed by atoms with Gasteiger partial charge in [-0.25, -0.2) is 15.0 Å². The standard InChI is InChI=1S/C58H34N4O/c1-2-15-35(16-3-1)55-59-56(61-57(60-55)37-29-30-44-43-23-8-13-28-53(43)63-54(44)32-37)36-17-14-18-38(31-36)62-51-27-12-7-22-42(51)46-33-45-41-21-6-11-26-49(41)58(50(45)34-52(46)62)47-24-9-4-19-39(47)40-20-5-10-25-48(40)58/h1-34H. The highest BCUT2D eigenvalue weighted by Crippen LogP contribution is 2.63. The molecule has 14 rings (SSSR count). The minimum Gasteiger partial charge on any atom is -0.456 e. The third-order valence-electron chi connectivity index (χ3n) is 13.5. The molecule has 0 aliphatic heterocycles. The Morgan fingerprint density at radius 3 is 1.62 bits per heavy atom. The van der Waals surface area contributed by atoms with Crippen LogP contribution in [0.25, 0.3) is 106 Å². The van der Waals surface area contributed by atoms with Crippen LogP contribution in [0.1, 0.15) is 22.3 Å². The Morgan fingerprint density at radius 2 is 0.889 bits per heavy atom. The SMILES string of the molecule is c1ccc(-c2nc(-c3cccc(-n4c5ccccc5c5cc6c(cc54)C4(c5ccccc5-c5ccccc54)c4ccccc4-6)c3)nc(-c3ccc4c(c3)oc3ccccc34)n2)cc1. The molecule has 2 aliphatic rings. The van der Waals surface area contributed by atoms with E-state index in [1.54, 1.807) is 0 Å². The van der Waals surface area contributed by atoms with Crippen LogP contribution >= 0.6 is 0 Å². The molecule has 0 fully saturated rings. The molecule has 292 valence electrons. The molecule has 0 radical (unpaired) electrons. The Bertz CT molecular complexity index is 3830. The highest BCUT2D eigenvalue weighted by molar-refractivity contribution is 6.12. The number of nitrogens with zero attached hydrogens (tertiary/aromatic N) is 4. The molecular weight excluding hydrogens is 769 g/mol. The summed E-state index contributed by atoms with van der Waals surface area (Å²) >= 11 is 0. The third-order valence-corrected chi connectivity index (χ3v) is 13.5. The predicted octanol–water partition coefficient (Wildman–Crippen LogP) is 14.2. The molecule has 0 saturated heterocycles. The van der Waals surface area contributed by atoms with Crippen LogP contribution < -0.4 is 0 Å². The molecule has 0 amide bonds. The second kappa shape index (κ2) is 12.8. The fourth-order valence-electron chi connectivity index (χ4n) is 10.8. The summed E-state index contributed by atoms with van der Waals surface area (Å²) in [4.78, 5) is 15.4. The van der Waals surface area contributed by atoms with Gasteiger partial charge in [0.1, 0.15) is 11.2 Å². The van der Waals surface area contributed by atoms with Gasteiger partial charge in [0, 0.05) is 43.9 Å². The molecule has 0 saturated carbocycles. The van der Waals surface area contributed by atoms with Crippen LogP contribution in [-0.2, 0) is 5.41 Å². The van der Waals surface area contributed by atoms with E-state index < -0.39 is 5.41 Å². The first-order valence-corrected chi connectivity index (χ1v) is 21.4. The number of hydrogen-bond acceptors (Lipinski definition) is 4. The van der Waals surface area contributed by atoms with Gasteiger partial charge in [0.2, 0.25) is 0 Å². The van der Waals surface area contributed by atoms with Gasteiger partial charge in [0.05, 0.1) is 16.4 Å². The maximum atomic E-state index is 6.31. The molecule has 1 spiro atoms. The van der Waals surface area contributed by atoms with Gasteiger partial charge in [-0.15, -0.1) is 0 Å². The van der Waals surface area contributed by atoms with Crippen LogP contribution in [-0.4, -0.2) is 19.5 Å². The zero-order valence-electron chi connectivity index (χ0n) is 33.8. The van der Waals surface area contributed by atoms with E-state index in [2.05, 4.69) is 156 Å². The minimum absolute atomic E-state index is 0.447. The summed E-state index contributed by atoms with van der Waals surface area (Å²) in [6.07, 6.45) is 0. The van der Waals surface area contributed by atoms with Gasteiger partial charge in [-0.3, -0.25) is 0 Å². The predicted molar refractivity (Wildman–Crippen MR) is 254 cm³/mol. The summed E-state index contributed by atoms with van der Waals surface area (Å²) in [6.45, 7) is 0. The molecular formula is C58H34N4O. The third kappa shape index (κ3) is 4.73. The van der Waals surface area contributed by atoms with Gasteiger partial charge in [0.25, 0.3) is 0 Å². The highest BCUT2D eigenvalue weighted by Gasteiger charge is 2.51. The van der Waals surface area contributed by atoms with Crippen molar-refractivity contribution in [2.75, 3.05) is 0 Å². The number of rotatable bonds is 4. The quantitative estimate of drug-likeness (QED) is 0.178. The Morgan fingerprint density at radius 1 is 0.333 bits per heavy atom. The largest absolute Gasteiger partial charge is 0.456 e. The minimum atomic E-state index is -0.447. The molecule has 0 atom stereocenters. The van der Waals surface area contributed by atoms with Gasteiger partial charge < -0.3 is 8.98 Å². The summed E-state index contributed by atoms with van der Waals surface area (Å²) in [7, 11) is 0.